The van der Waals surface area contributed by atoms with Gasteiger partial charge in [0.15, 0.2) is 24.9 Å². The molecule has 0 radical (unpaired) electrons. The molecule has 0 aliphatic carbocycles. The van der Waals surface area contributed by atoms with Crippen LogP contribution in [0.3, 0.4) is 0 Å². The van der Waals surface area contributed by atoms with Crippen molar-refractivity contribution in [1.82, 2.24) is 20.2 Å². The van der Waals surface area contributed by atoms with Gasteiger partial charge in [0.05, 0.1) is 13.7 Å². The van der Waals surface area contributed by atoms with E-state index in [1.165, 1.54) is 5.01 Å². The molecule has 1 amide bonds. The van der Waals surface area contributed by atoms with Gasteiger partial charge in [-0.15, -0.1) is 0 Å². The maximum absolute atomic E-state index is 13.8. The molecule has 41 heavy (non-hydrogen) atoms. The van der Waals surface area contributed by atoms with E-state index < -0.39 is 14.2 Å². The monoisotopic (exact) mass is 597 g/mol. The third-order valence-electron chi connectivity index (χ3n) is 7.30. The molecular formula is C30H43N5O4SSi. The Morgan fingerprint density at radius 3 is 2.34 bits per heavy atom. The first kappa shape index (κ1) is 32.1. The van der Waals surface area contributed by atoms with Crippen LogP contribution in [-0.4, -0.2) is 47.8 Å². The lowest BCUT2D eigenvalue weighted by Gasteiger charge is -2.36. The third kappa shape index (κ3) is 8.78. The van der Waals surface area contributed by atoms with Gasteiger partial charge in [-0.25, -0.2) is 0 Å². The van der Waals surface area contributed by atoms with Crippen molar-refractivity contribution in [3.8, 4) is 11.5 Å². The zero-order valence-corrected chi connectivity index (χ0v) is 27.0. The average Bonchev–Trinajstić information content (AvgIpc) is 3.24. The van der Waals surface area contributed by atoms with E-state index in [2.05, 4.69) is 44.4 Å². The minimum Gasteiger partial charge on any atom is -0.497 e. The fourth-order valence-corrected chi connectivity index (χ4v) is 5.07. The highest BCUT2D eigenvalue weighted by Crippen LogP contribution is 2.36. The molecule has 0 spiro atoms. The van der Waals surface area contributed by atoms with Gasteiger partial charge in [-0.3, -0.25) is 19.9 Å². The second-order valence-electron chi connectivity index (χ2n) is 11.4. The molecular weight excluding hydrogens is 555 g/mol. The zero-order valence-electron chi connectivity index (χ0n) is 25.2. The molecule has 0 bridgehead atoms. The van der Waals surface area contributed by atoms with E-state index >= 15 is 0 Å². The number of benzene rings is 2. The fraction of sp³-hybridized carbons (Fsp3) is 0.433. The predicted octanol–water partition coefficient (Wildman–Crippen LogP) is 5.58. The molecule has 0 aliphatic heterocycles. The molecule has 0 fully saturated rings. The predicted molar refractivity (Wildman–Crippen MR) is 168 cm³/mol. The Morgan fingerprint density at radius 2 is 1.76 bits per heavy atom. The van der Waals surface area contributed by atoms with E-state index in [-0.39, 0.29) is 16.7 Å². The van der Waals surface area contributed by atoms with Crippen molar-refractivity contribution >= 4 is 31.6 Å². The summed E-state index contributed by atoms with van der Waals surface area (Å²) in [5, 5.41) is 6.26. The number of nitrogens with one attached hydrogen (secondary N) is 1. The van der Waals surface area contributed by atoms with Crippen molar-refractivity contribution in [2.24, 2.45) is 5.73 Å². The number of methoxy groups -OCH3 is 1. The van der Waals surface area contributed by atoms with Crippen LogP contribution in [0.25, 0.3) is 0 Å². The number of nitrogens with two attached hydrogens (primary N) is 1. The normalized spacial score (nSPS) is 11.7. The summed E-state index contributed by atoms with van der Waals surface area (Å²) < 4.78 is 19.5. The Kier molecular flexibility index (Phi) is 10.9. The molecule has 0 saturated carbocycles. The number of thiocarbonyl (C=S) groups is 1. The van der Waals surface area contributed by atoms with E-state index in [0.29, 0.717) is 43.3 Å². The van der Waals surface area contributed by atoms with Crippen LogP contribution in [0, 0.1) is 6.92 Å². The number of rotatable bonds is 12. The summed E-state index contributed by atoms with van der Waals surface area (Å²) in [4.78, 5) is 13.8. The fourth-order valence-electron chi connectivity index (χ4n) is 3.87. The lowest BCUT2D eigenvalue weighted by molar-refractivity contribution is 0.0848. The molecule has 11 heteroatoms. The molecule has 0 saturated heterocycles. The topological polar surface area (TPSA) is 104 Å². The average molecular weight is 598 g/mol. The highest BCUT2D eigenvalue weighted by Gasteiger charge is 2.37. The minimum atomic E-state index is -1.89. The van der Waals surface area contributed by atoms with Crippen molar-refractivity contribution in [3.63, 3.8) is 0 Å². The van der Waals surface area contributed by atoms with Crippen LogP contribution in [0.1, 0.15) is 54.5 Å². The van der Waals surface area contributed by atoms with Gasteiger partial charge in [0.1, 0.15) is 18.1 Å². The molecule has 0 aliphatic rings. The number of carbonyl (C=O) groups is 1. The lowest BCUT2D eigenvalue weighted by atomic mass is 10.2. The van der Waals surface area contributed by atoms with Crippen LogP contribution in [0.15, 0.2) is 54.6 Å². The van der Waals surface area contributed by atoms with Crippen LogP contribution < -0.4 is 20.6 Å². The highest BCUT2D eigenvalue weighted by atomic mass is 32.1. The Hall–Kier alpha value is -3.41. The smallest absolute Gasteiger partial charge is 0.292 e. The molecule has 3 aromatic rings. The zero-order chi connectivity index (χ0) is 30.2. The summed E-state index contributed by atoms with van der Waals surface area (Å²) in [6.45, 7) is 14.6. The number of nitrogens with zero attached hydrogens (tertiary/aromatic N) is 3. The minimum absolute atomic E-state index is 0.0338. The van der Waals surface area contributed by atoms with Crippen LogP contribution >= 0.6 is 12.2 Å². The van der Waals surface area contributed by atoms with Crippen LogP contribution in [0.5, 0.6) is 11.5 Å². The van der Waals surface area contributed by atoms with E-state index in [1.807, 2.05) is 61.5 Å². The SMILES string of the molecule is COc1ccc(CN(NC(=O)c2c(OCc3ccccc3)c(C)nn2CCCO[Si](C)(C)C(C)(C)C)C(N)=S)cc1. The largest absolute Gasteiger partial charge is 0.497 e. The van der Waals surface area contributed by atoms with Gasteiger partial charge in [-0.1, -0.05) is 63.2 Å². The summed E-state index contributed by atoms with van der Waals surface area (Å²) >= 11 is 5.27. The maximum atomic E-state index is 13.8. The molecule has 222 valence electrons. The molecule has 1 aromatic heterocycles. The number of hydrogen-bond donors (Lipinski definition) is 2. The van der Waals surface area contributed by atoms with Gasteiger partial charge in [0.2, 0.25) is 0 Å². The van der Waals surface area contributed by atoms with Gasteiger partial charge < -0.3 is 19.6 Å². The van der Waals surface area contributed by atoms with Crippen molar-refractivity contribution in [3.05, 3.63) is 77.1 Å². The number of hydrogen-bond acceptors (Lipinski definition) is 6. The van der Waals surface area contributed by atoms with Gasteiger partial charge in [-0.05, 0) is 67.0 Å². The van der Waals surface area contributed by atoms with Gasteiger partial charge in [0, 0.05) is 13.2 Å². The first-order valence-corrected chi connectivity index (χ1v) is 17.0. The Labute approximate surface area is 250 Å². The summed E-state index contributed by atoms with van der Waals surface area (Å²) in [6, 6.07) is 17.3. The van der Waals surface area contributed by atoms with Gasteiger partial charge in [-0.2, -0.15) is 5.10 Å². The summed E-state index contributed by atoms with van der Waals surface area (Å²) in [7, 11) is -0.279. The maximum Gasteiger partial charge on any atom is 0.292 e. The lowest BCUT2D eigenvalue weighted by Crippen LogP contribution is -2.48. The summed E-state index contributed by atoms with van der Waals surface area (Å²) in [5.41, 5.74) is 11.7. The van der Waals surface area contributed by atoms with E-state index in [0.717, 1.165) is 16.9 Å². The Bertz CT molecular complexity index is 1310. The van der Waals surface area contributed by atoms with E-state index in [1.54, 1.807) is 11.8 Å². The number of carbonyl (C=O) groups excluding carboxylic acids is 1. The first-order valence-electron chi connectivity index (χ1n) is 13.7. The number of ether oxygens (including phenoxy) is 2. The number of aromatic nitrogens is 2. The van der Waals surface area contributed by atoms with Gasteiger partial charge in [0.25, 0.3) is 5.91 Å². The number of hydrazine groups is 1. The van der Waals surface area contributed by atoms with Crippen LogP contribution in [-0.2, 0) is 24.1 Å². The second kappa shape index (κ2) is 14.0. The van der Waals surface area contributed by atoms with Crippen molar-refractivity contribution < 1.29 is 18.7 Å². The molecule has 0 atom stereocenters. The number of amides is 1. The van der Waals surface area contributed by atoms with Crippen LogP contribution in [0.2, 0.25) is 18.1 Å². The Morgan fingerprint density at radius 1 is 1.10 bits per heavy atom. The van der Waals surface area contributed by atoms with E-state index in [4.69, 9.17) is 31.9 Å². The molecule has 9 nitrogen and oxygen atoms in total. The quantitative estimate of drug-likeness (QED) is 0.121. The van der Waals surface area contributed by atoms with Crippen molar-refractivity contribution in [1.29, 1.82) is 0 Å². The third-order valence-corrected chi connectivity index (χ3v) is 12.1. The second-order valence-corrected chi connectivity index (χ2v) is 16.7. The number of aryl methyl sites for hydroxylation is 2. The van der Waals surface area contributed by atoms with Crippen LogP contribution in [0.4, 0.5) is 0 Å². The molecule has 2 aromatic carbocycles. The standard InChI is InChI=1S/C30H43N5O4SSi/c1-22-27(38-21-24-12-9-8-10-13-24)26(34(32-22)18-11-19-39-41(6,7)30(2,3)4)28(36)33-35(29(31)40)20-23-14-16-25(37-5)17-15-23/h8-10,12-17H,11,18-21H2,1-7H3,(H2,31,40)(H,33,36). The van der Waals surface area contributed by atoms with Crippen molar-refractivity contribution in [2.45, 2.75) is 71.9 Å². The summed E-state index contributed by atoms with van der Waals surface area (Å²) in [6.07, 6.45) is 0.691. The Balaban J connectivity index is 1.82. The summed E-state index contributed by atoms with van der Waals surface area (Å²) in [5.74, 6) is 0.737. The molecule has 3 N–H and O–H groups in total. The van der Waals surface area contributed by atoms with Gasteiger partial charge >= 0.3 is 0 Å². The molecule has 3 rings (SSSR count). The van der Waals surface area contributed by atoms with Crippen molar-refractivity contribution in [2.75, 3.05) is 13.7 Å². The highest BCUT2D eigenvalue weighted by molar-refractivity contribution is 7.80. The molecule has 0 unspecified atom stereocenters. The van der Waals surface area contributed by atoms with E-state index in [9.17, 15) is 4.79 Å². The molecule has 1 heterocycles. The first-order chi connectivity index (χ1) is 19.3.